The smallest absolute Gasteiger partial charge is 0.358 e. The van der Waals surface area contributed by atoms with Crippen molar-refractivity contribution in [1.82, 2.24) is 9.97 Å². The fourth-order valence-electron chi connectivity index (χ4n) is 2.04. The predicted octanol–water partition coefficient (Wildman–Crippen LogP) is 0.262. The maximum absolute atomic E-state index is 11.5. The third kappa shape index (κ3) is 2.81. The van der Waals surface area contributed by atoms with Crippen LogP contribution in [0.5, 0.6) is 0 Å². The molecular weight excluding hydrogens is 250 g/mol. The molecule has 1 aliphatic rings. The minimum Gasteiger partial charge on any atom is -0.469 e. The molecule has 1 fully saturated rings. The van der Waals surface area contributed by atoms with Crippen molar-refractivity contribution in [3.05, 3.63) is 18.1 Å². The molecule has 1 aromatic rings. The van der Waals surface area contributed by atoms with Crippen molar-refractivity contribution in [1.29, 1.82) is 0 Å². The highest BCUT2D eigenvalue weighted by atomic mass is 16.5. The maximum Gasteiger partial charge on any atom is 0.358 e. The van der Waals surface area contributed by atoms with E-state index in [4.69, 9.17) is 4.74 Å². The average Bonchev–Trinajstić information content (AvgIpc) is 2.95. The number of hydrogen-bond acceptors (Lipinski definition) is 7. The van der Waals surface area contributed by atoms with Crippen LogP contribution >= 0.6 is 0 Å². The van der Waals surface area contributed by atoms with Gasteiger partial charge in [0.15, 0.2) is 5.69 Å². The quantitative estimate of drug-likeness (QED) is 0.725. The summed E-state index contributed by atoms with van der Waals surface area (Å²) in [5, 5.41) is 0. The summed E-state index contributed by atoms with van der Waals surface area (Å²) in [6.07, 6.45) is 3.62. The van der Waals surface area contributed by atoms with Gasteiger partial charge in [0.25, 0.3) is 0 Å². The fraction of sp³-hybridized carbons (Fsp3) is 0.500. The lowest BCUT2D eigenvalue weighted by Crippen LogP contribution is -2.25. The lowest BCUT2D eigenvalue weighted by molar-refractivity contribution is -0.144. The molecule has 7 heteroatoms. The van der Waals surface area contributed by atoms with E-state index >= 15 is 0 Å². The number of aromatic nitrogens is 2. The molecule has 0 radical (unpaired) electrons. The Morgan fingerprint density at radius 2 is 2.11 bits per heavy atom. The van der Waals surface area contributed by atoms with Gasteiger partial charge in [-0.15, -0.1) is 0 Å². The van der Waals surface area contributed by atoms with E-state index in [1.807, 2.05) is 4.90 Å². The highest BCUT2D eigenvalue weighted by Gasteiger charge is 2.30. The molecular formula is C12H15N3O4. The van der Waals surface area contributed by atoms with Gasteiger partial charge in [0, 0.05) is 13.1 Å². The zero-order valence-corrected chi connectivity index (χ0v) is 10.8. The Morgan fingerprint density at radius 1 is 1.32 bits per heavy atom. The molecule has 0 spiro atoms. The first-order valence-electron chi connectivity index (χ1n) is 5.89. The molecule has 1 aliphatic heterocycles. The lowest BCUT2D eigenvalue weighted by Gasteiger charge is -2.16. The molecule has 7 nitrogen and oxygen atoms in total. The summed E-state index contributed by atoms with van der Waals surface area (Å²) in [6.45, 7) is 1.20. The van der Waals surface area contributed by atoms with Crippen LogP contribution in [0.3, 0.4) is 0 Å². The van der Waals surface area contributed by atoms with Crippen LogP contribution in [0.25, 0.3) is 0 Å². The lowest BCUT2D eigenvalue weighted by atomic mass is 10.1. The molecule has 1 aromatic heterocycles. The minimum absolute atomic E-state index is 0.154. The van der Waals surface area contributed by atoms with Gasteiger partial charge < -0.3 is 14.4 Å². The van der Waals surface area contributed by atoms with Gasteiger partial charge >= 0.3 is 11.9 Å². The molecule has 19 heavy (non-hydrogen) atoms. The Balaban J connectivity index is 2.11. The summed E-state index contributed by atoms with van der Waals surface area (Å²) in [7, 11) is 2.67. The van der Waals surface area contributed by atoms with Gasteiger partial charge in [0.2, 0.25) is 0 Å². The van der Waals surface area contributed by atoms with Crippen LogP contribution in [0.15, 0.2) is 12.4 Å². The summed E-state index contributed by atoms with van der Waals surface area (Å²) in [4.78, 5) is 32.9. The van der Waals surface area contributed by atoms with Crippen molar-refractivity contribution in [3.8, 4) is 0 Å². The number of esters is 2. The van der Waals surface area contributed by atoms with E-state index in [-0.39, 0.29) is 17.6 Å². The molecule has 0 aliphatic carbocycles. The van der Waals surface area contributed by atoms with Crippen molar-refractivity contribution >= 4 is 17.8 Å². The Bertz CT molecular complexity index is 492. The van der Waals surface area contributed by atoms with E-state index in [1.54, 1.807) is 6.20 Å². The molecule has 1 unspecified atom stereocenters. The van der Waals surface area contributed by atoms with Crippen LogP contribution in [0.1, 0.15) is 16.9 Å². The predicted molar refractivity (Wildman–Crippen MR) is 65.7 cm³/mol. The molecule has 0 amide bonds. The third-order valence-corrected chi connectivity index (χ3v) is 3.06. The summed E-state index contributed by atoms with van der Waals surface area (Å²) in [5.74, 6) is -0.347. The average molecular weight is 265 g/mol. The SMILES string of the molecule is COC(=O)c1cncc(N2CCC(C(=O)OC)C2)n1. The standard InChI is InChI=1S/C12H15N3O4/c1-18-11(16)8-3-4-15(7-8)10-6-13-5-9(14-10)12(17)19-2/h5-6,8H,3-4,7H2,1-2H3. The zero-order valence-electron chi connectivity index (χ0n) is 10.8. The number of carbonyl (C=O) groups is 2. The Hall–Kier alpha value is -2.18. The second kappa shape index (κ2) is 5.64. The topological polar surface area (TPSA) is 81.6 Å². The molecule has 1 saturated heterocycles. The number of hydrogen-bond donors (Lipinski definition) is 0. The Morgan fingerprint density at radius 3 is 2.79 bits per heavy atom. The summed E-state index contributed by atoms with van der Waals surface area (Å²) < 4.78 is 9.32. The van der Waals surface area contributed by atoms with Crippen LogP contribution in [0.2, 0.25) is 0 Å². The van der Waals surface area contributed by atoms with Crippen molar-refractivity contribution in [2.24, 2.45) is 5.92 Å². The van der Waals surface area contributed by atoms with Gasteiger partial charge in [-0.1, -0.05) is 0 Å². The van der Waals surface area contributed by atoms with Gasteiger partial charge in [-0.2, -0.15) is 0 Å². The molecule has 102 valence electrons. The van der Waals surface area contributed by atoms with Crippen molar-refractivity contribution in [2.75, 3.05) is 32.2 Å². The number of anilines is 1. The van der Waals surface area contributed by atoms with Crippen LogP contribution in [0.4, 0.5) is 5.82 Å². The first-order chi connectivity index (χ1) is 9.15. The largest absolute Gasteiger partial charge is 0.469 e. The second-order valence-corrected chi connectivity index (χ2v) is 4.21. The zero-order chi connectivity index (χ0) is 13.8. The van der Waals surface area contributed by atoms with E-state index < -0.39 is 5.97 Å². The number of carbonyl (C=O) groups excluding carboxylic acids is 2. The van der Waals surface area contributed by atoms with Crippen LogP contribution in [0, 0.1) is 5.92 Å². The number of rotatable bonds is 3. The number of nitrogens with zero attached hydrogens (tertiary/aromatic N) is 3. The molecule has 0 aromatic carbocycles. The first kappa shape index (κ1) is 13.3. The van der Waals surface area contributed by atoms with Crippen LogP contribution in [-0.4, -0.2) is 49.2 Å². The van der Waals surface area contributed by atoms with Gasteiger partial charge in [-0.25, -0.2) is 9.78 Å². The molecule has 0 N–H and O–H groups in total. The second-order valence-electron chi connectivity index (χ2n) is 4.21. The van der Waals surface area contributed by atoms with Gasteiger partial charge in [0.05, 0.1) is 32.5 Å². The van der Waals surface area contributed by atoms with Gasteiger partial charge in [-0.05, 0) is 6.42 Å². The first-order valence-corrected chi connectivity index (χ1v) is 5.89. The van der Waals surface area contributed by atoms with E-state index in [9.17, 15) is 9.59 Å². The third-order valence-electron chi connectivity index (χ3n) is 3.06. The summed E-state index contributed by atoms with van der Waals surface area (Å²) in [5.41, 5.74) is 0.154. The van der Waals surface area contributed by atoms with Crippen molar-refractivity contribution < 1.29 is 19.1 Å². The summed E-state index contributed by atoms with van der Waals surface area (Å²) >= 11 is 0. The van der Waals surface area contributed by atoms with Gasteiger partial charge in [0.1, 0.15) is 5.82 Å². The normalized spacial score (nSPS) is 18.2. The van der Waals surface area contributed by atoms with Gasteiger partial charge in [-0.3, -0.25) is 9.78 Å². The van der Waals surface area contributed by atoms with Crippen molar-refractivity contribution in [2.45, 2.75) is 6.42 Å². The Labute approximate surface area is 110 Å². The molecule has 2 heterocycles. The van der Waals surface area contributed by atoms with Crippen molar-refractivity contribution in [3.63, 3.8) is 0 Å². The van der Waals surface area contributed by atoms with Crippen LogP contribution < -0.4 is 4.90 Å². The highest BCUT2D eigenvalue weighted by Crippen LogP contribution is 2.22. The maximum atomic E-state index is 11.5. The highest BCUT2D eigenvalue weighted by molar-refractivity contribution is 5.87. The summed E-state index contributed by atoms with van der Waals surface area (Å²) in [6, 6.07) is 0. The fourth-order valence-corrected chi connectivity index (χ4v) is 2.04. The minimum atomic E-state index is -0.530. The van der Waals surface area contributed by atoms with Crippen LogP contribution in [-0.2, 0) is 14.3 Å². The van der Waals surface area contributed by atoms with E-state index in [0.29, 0.717) is 25.3 Å². The molecule has 0 saturated carbocycles. The molecule has 1 atom stereocenters. The van der Waals surface area contributed by atoms with E-state index in [2.05, 4.69) is 14.7 Å². The van der Waals surface area contributed by atoms with E-state index in [1.165, 1.54) is 20.4 Å². The number of methoxy groups -OCH3 is 2. The van der Waals surface area contributed by atoms with E-state index in [0.717, 1.165) is 0 Å². The monoisotopic (exact) mass is 265 g/mol. The molecule has 2 rings (SSSR count). The number of ether oxygens (including phenoxy) is 2. The Kier molecular flexibility index (Phi) is 3.94. The molecule has 0 bridgehead atoms.